The van der Waals surface area contributed by atoms with E-state index in [0.717, 1.165) is 16.0 Å². The molecule has 3 rings (SSSR count). The number of nitrogens with one attached hydrogen (secondary N) is 1. The van der Waals surface area contributed by atoms with Crippen molar-refractivity contribution in [1.82, 2.24) is 4.68 Å². The summed E-state index contributed by atoms with van der Waals surface area (Å²) in [4.78, 5) is 45.2. The van der Waals surface area contributed by atoms with Gasteiger partial charge in [0.05, 0.1) is 5.56 Å². The number of carboxylic acids is 1. The highest BCUT2D eigenvalue weighted by Gasteiger charge is 2.29. The molecule has 2 heterocycles. The van der Waals surface area contributed by atoms with Crippen LogP contribution in [-0.2, 0) is 17.6 Å². The third kappa shape index (κ3) is 1.80. The SMILES string of the molecule is O=C1CCc2c(sc(Nn3c(=O)c3=O)c2C(=O)O)C1. The molecule has 0 bridgehead atoms. The van der Waals surface area contributed by atoms with Crippen LogP contribution in [0.2, 0.25) is 0 Å². The first-order chi connectivity index (χ1) is 8.99. The van der Waals surface area contributed by atoms with E-state index in [2.05, 4.69) is 5.43 Å². The van der Waals surface area contributed by atoms with Gasteiger partial charge in [0, 0.05) is 17.7 Å². The molecule has 1 aliphatic carbocycles. The predicted molar refractivity (Wildman–Crippen MR) is 66.7 cm³/mol. The van der Waals surface area contributed by atoms with Gasteiger partial charge in [-0.2, -0.15) is 4.68 Å². The largest absolute Gasteiger partial charge is 0.478 e. The lowest BCUT2D eigenvalue weighted by molar-refractivity contribution is -0.118. The second-order valence-electron chi connectivity index (χ2n) is 4.29. The summed E-state index contributed by atoms with van der Waals surface area (Å²) in [5.41, 5.74) is 1.79. The third-order valence-electron chi connectivity index (χ3n) is 3.07. The molecule has 2 N–H and O–H groups in total. The summed E-state index contributed by atoms with van der Waals surface area (Å²) in [5, 5.41) is 9.46. The molecular weight excluding hydrogens is 272 g/mol. The minimum absolute atomic E-state index is 0.0556. The number of anilines is 1. The average Bonchev–Trinajstić information content (AvgIpc) is 2.77. The number of carboxylic acid groups (broad SMARTS) is 1. The fourth-order valence-corrected chi connectivity index (χ4v) is 3.35. The first kappa shape index (κ1) is 11.8. The number of fused-ring (bicyclic) bond motifs is 1. The summed E-state index contributed by atoms with van der Waals surface area (Å²) >= 11 is 1.11. The lowest BCUT2D eigenvalue weighted by Crippen LogP contribution is -2.14. The lowest BCUT2D eigenvalue weighted by atomic mass is 9.95. The van der Waals surface area contributed by atoms with Gasteiger partial charge in [-0.3, -0.25) is 19.8 Å². The van der Waals surface area contributed by atoms with Crippen molar-refractivity contribution in [1.29, 1.82) is 0 Å². The molecule has 0 radical (unpaired) electrons. The lowest BCUT2D eigenvalue weighted by Gasteiger charge is -2.10. The smallest absolute Gasteiger partial charge is 0.340 e. The summed E-state index contributed by atoms with van der Waals surface area (Å²) in [6.45, 7) is 0. The summed E-state index contributed by atoms with van der Waals surface area (Å²) in [5.74, 6) is -1.06. The number of carbonyl (C=O) groups is 2. The van der Waals surface area contributed by atoms with Crippen molar-refractivity contribution in [2.75, 3.05) is 5.43 Å². The normalized spacial score (nSPS) is 14.6. The predicted octanol–water partition coefficient (Wildman–Crippen LogP) is -0.223. The highest BCUT2D eigenvalue weighted by molar-refractivity contribution is 7.16. The zero-order valence-corrected chi connectivity index (χ0v) is 10.4. The first-order valence-electron chi connectivity index (χ1n) is 5.53. The first-order valence-corrected chi connectivity index (χ1v) is 6.35. The molecule has 0 saturated carbocycles. The quantitative estimate of drug-likeness (QED) is 0.753. The Balaban J connectivity index is 2.06. The zero-order valence-electron chi connectivity index (χ0n) is 9.56. The number of hydrogen-bond acceptors (Lipinski definition) is 6. The standard InChI is InChI=1S/C11H8N2O5S/c14-4-1-2-5-6(3-4)19-8(7(5)11(17)18)12-13-9(15)10(13)16/h12H,1-3H2,(H,17,18). The summed E-state index contributed by atoms with van der Waals surface area (Å²) in [6.07, 6.45) is 0.921. The van der Waals surface area contributed by atoms with Crippen LogP contribution < -0.4 is 16.5 Å². The summed E-state index contributed by atoms with van der Waals surface area (Å²) < 4.78 is 0.756. The van der Waals surface area contributed by atoms with Crippen LogP contribution in [-0.4, -0.2) is 21.5 Å². The molecule has 7 nitrogen and oxygen atoms in total. The number of ketones is 1. The van der Waals surface area contributed by atoms with Crippen molar-refractivity contribution in [3.05, 3.63) is 36.7 Å². The van der Waals surface area contributed by atoms with Gasteiger partial charge in [0.2, 0.25) is 0 Å². The number of carbonyl (C=O) groups excluding carboxylic acids is 1. The number of aromatic carboxylic acids is 1. The zero-order chi connectivity index (χ0) is 13.7. The van der Waals surface area contributed by atoms with Crippen LogP contribution in [0.1, 0.15) is 27.2 Å². The Morgan fingerprint density at radius 3 is 2.47 bits per heavy atom. The summed E-state index contributed by atoms with van der Waals surface area (Å²) in [6, 6.07) is 0. The van der Waals surface area contributed by atoms with Crippen molar-refractivity contribution in [3.63, 3.8) is 0 Å². The van der Waals surface area contributed by atoms with Gasteiger partial charge in [-0.05, 0) is 12.0 Å². The molecule has 0 aromatic carbocycles. The van der Waals surface area contributed by atoms with Gasteiger partial charge in [-0.1, -0.05) is 0 Å². The molecule has 0 amide bonds. The van der Waals surface area contributed by atoms with E-state index in [4.69, 9.17) is 0 Å². The number of hydrogen-bond donors (Lipinski definition) is 2. The molecule has 19 heavy (non-hydrogen) atoms. The van der Waals surface area contributed by atoms with Gasteiger partial charge in [0.25, 0.3) is 0 Å². The topological polar surface area (TPSA) is 105 Å². The van der Waals surface area contributed by atoms with E-state index in [-0.39, 0.29) is 22.8 Å². The van der Waals surface area contributed by atoms with Crippen molar-refractivity contribution in [3.8, 4) is 0 Å². The molecule has 98 valence electrons. The van der Waals surface area contributed by atoms with Crippen LogP contribution in [0.15, 0.2) is 9.59 Å². The Kier molecular flexibility index (Phi) is 2.42. The minimum atomic E-state index is -1.13. The molecule has 0 fully saturated rings. The Hall–Kier alpha value is -2.22. The Bertz CT molecular complexity index is 752. The number of thiophene rings is 1. The maximum atomic E-state index is 11.4. The Morgan fingerprint density at radius 1 is 1.21 bits per heavy atom. The molecule has 0 saturated heterocycles. The van der Waals surface area contributed by atoms with Crippen LogP contribution >= 0.6 is 11.3 Å². The third-order valence-corrected chi connectivity index (χ3v) is 4.21. The summed E-state index contributed by atoms with van der Waals surface area (Å²) in [7, 11) is 0. The molecule has 0 unspecified atom stereocenters. The van der Waals surface area contributed by atoms with Crippen LogP contribution in [0.3, 0.4) is 0 Å². The van der Waals surface area contributed by atoms with E-state index in [1.54, 1.807) is 0 Å². The Morgan fingerprint density at radius 2 is 1.89 bits per heavy atom. The number of aromatic nitrogens is 1. The maximum absolute atomic E-state index is 11.4. The van der Waals surface area contributed by atoms with Crippen LogP contribution in [0.5, 0.6) is 0 Å². The van der Waals surface area contributed by atoms with Crippen molar-refractivity contribution in [2.24, 2.45) is 0 Å². The van der Waals surface area contributed by atoms with Gasteiger partial charge in [-0.25, -0.2) is 4.79 Å². The van der Waals surface area contributed by atoms with E-state index in [1.165, 1.54) is 0 Å². The van der Waals surface area contributed by atoms with Crippen molar-refractivity contribution in [2.45, 2.75) is 19.3 Å². The van der Waals surface area contributed by atoms with Gasteiger partial charge < -0.3 is 5.11 Å². The fourth-order valence-electron chi connectivity index (χ4n) is 2.09. The van der Waals surface area contributed by atoms with Crippen LogP contribution in [0, 0.1) is 0 Å². The molecule has 8 heteroatoms. The van der Waals surface area contributed by atoms with Gasteiger partial charge in [-0.15, -0.1) is 11.3 Å². The molecule has 0 aliphatic heterocycles. The molecule has 1 aliphatic rings. The van der Waals surface area contributed by atoms with E-state index in [1.807, 2.05) is 0 Å². The number of Topliss-reactive ketones (excluding diaryl/α,β-unsaturated/α-hetero) is 1. The van der Waals surface area contributed by atoms with E-state index in [0.29, 0.717) is 23.3 Å². The fraction of sp³-hybridized carbons (Fsp3) is 0.273. The number of rotatable bonds is 3. The molecule has 2 aromatic rings. The van der Waals surface area contributed by atoms with Crippen LogP contribution in [0.4, 0.5) is 5.00 Å². The maximum Gasteiger partial charge on any atom is 0.340 e. The number of nitrogens with zero attached hydrogens (tertiary/aromatic N) is 1. The average molecular weight is 280 g/mol. The molecular formula is C11H8N2O5S. The van der Waals surface area contributed by atoms with Crippen LogP contribution in [0.25, 0.3) is 0 Å². The molecule has 0 atom stereocenters. The highest BCUT2D eigenvalue weighted by atomic mass is 32.1. The van der Waals surface area contributed by atoms with Gasteiger partial charge >= 0.3 is 17.1 Å². The van der Waals surface area contributed by atoms with Gasteiger partial charge in [0.1, 0.15) is 10.8 Å². The van der Waals surface area contributed by atoms with E-state index < -0.39 is 17.1 Å². The molecule has 2 aromatic heterocycles. The Labute approximate surface area is 109 Å². The van der Waals surface area contributed by atoms with Gasteiger partial charge in [0.15, 0.2) is 0 Å². The van der Waals surface area contributed by atoms with E-state index in [9.17, 15) is 24.3 Å². The highest BCUT2D eigenvalue weighted by Crippen LogP contribution is 2.37. The van der Waals surface area contributed by atoms with E-state index >= 15 is 0 Å². The van der Waals surface area contributed by atoms with Crippen molar-refractivity contribution >= 4 is 28.1 Å². The second-order valence-corrected chi connectivity index (χ2v) is 5.39. The minimum Gasteiger partial charge on any atom is -0.478 e. The monoisotopic (exact) mass is 280 g/mol. The van der Waals surface area contributed by atoms with Crippen molar-refractivity contribution < 1.29 is 14.7 Å². The second kappa shape index (κ2) is 3.89. The molecule has 0 spiro atoms.